The Morgan fingerprint density at radius 1 is 1.26 bits per heavy atom. The van der Waals surface area contributed by atoms with Gasteiger partial charge in [-0.25, -0.2) is 4.79 Å². The van der Waals surface area contributed by atoms with E-state index in [0.29, 0.717) is 19.7 Å². The average Bonchev–Trinajstić information content (AvgIpc) is 2.38. The summed E-state index contributed by atoms with van der Waals surface area (Å²) in [6, 6.07) is 5.53. The second kappa shape index (κ2) is 5.82. The monoisotopic (exact) mass is 264 g/mol. The lowest BCUT2D eigenvalue weighted by Crippen LogP contribution is -2.49. The lowest BCUT2D eigenvalue weighted by molar-refractivity contribution is 0.105. The molecule has 0 aromatic heterocycles. The van der Waals surface area contributed by atoms with Crippen LogP contribution < -0.4 is 4.90 Å². The highest BCUT2D eigenvalue weighted by atomic mass is 16.6. The number of hydrogen-bond acceptors (Lipinski definition) is 4. The lowest BCUT2D eigenvalue weighted by Gasteiger charge is -2.35. The first-order valence-electron chi connectivity index (χ1n) is 6.57. The quantitative estimate of drug-likeness (QED) is 0.887. The van der Waals surface area contributed by atoms with Crippen LogP contribution in [0.3, 0.4) is 0 Å². The number of rotatable bonds is 2. The molecule has 1 fully saturated rings. The standard InChI is InChI=1S/C14H20N2O3/c1-3-19-14(18)16-6-4-15(5-7-16)12-8-11(2)9-13(17)10-12/h8-10,17H,3-7H2,1-2H3. The molecule has 1 aromatic carbocycles. The number of aryl methyl sites for hydroxylation is 1. The number of hydrogen-bond donors (Lipinski definition) is 1. The molecule has 1 N–H and O–H groups in total. The van der Waals surface area contributed by atoms with Crippen molar-refractivity contribution < 1.29 is 14.6 Å². The summed E-state index contributed by atoms with van der Waals surface area (Å²) in [4.78, 5) is 15.5. The number of carbonyl (C=O) groups excluding carboxylic acids is 1. The minimum Gasteiger partial charge on any atom is -0.508 e. The van der Waals surface area contributed by atoms with E-state index in [1.54, 1.807) is 17.0 Å². The fourth-order valence-corrected chi connectivity index (χ4v) is 2.29. The molecule has 104 valence electrons. The van der Waals surface area contributed by atoms with Crippen molar-refractivity contribution in [1.82, 2.24) is 4.90 Å². The van der Waals surface area contributed by atoms with Crippen molar-refractivity contribution in [1.29, 1.82) is 0 Å². The summed E-state index contributed by atoms with van der Waals surface area (Å²) in [6.45, 7) is 6.97. The predicted octanol–water partition coefficient (Wildman–Crippen LogP) is 1.98. The Balaban J connectivity index is 1.97. The molecule has 0 aliphatic carbocycles. The number of anilines is 1. The Kier molecular flexibility index (Phi) is 4.14. The zero-order chi connectivity index (χ0) is 13.8. The molecule has 0 atom stereocenters. The van der Waals surface area contributed by atoms with Crippen molar-refractivity contribution in [3.8, 4) is 5.75 Å². The number of carbonyl (C=O) groups is 1. The molecule has 0 bridgehead atoms. The fraction of sp³-hybridized carbons (Fsp3) is 0.500. The molecule has 1 aromatic rings. The number of ether oxygens (including phenoxy) is 1. The van der Waals surface area contributed by atoms with E-state index in [4.69, 9.17) is 4.74 Å². The van der Waals surface area contributed by atoms with Crippen LogP contribution >= 0.6 is 0 Å². The van der Waals surface area contributed by atoms with E-state index >= 15 is 0 Å². The molecule has 1 aliphatic heterocycles. The molecule has 19 heavy (non-hydrogen) atoms. The number of phenols is 1. The van der Waals surface area contributed by atoms with Gasteiger partial charge in [0.05, 0.1) is 6.61 Å². The highest BCUT2D eigenvalue weighted by Gasteiger charge is 2.22. The average molecular weight is 264 g/mol. The van der Waals surface area contributed by atoms with E-state index in [-0.39, 0.29) is 11.8 Å². The van der Waals surface area contributed by atoms with Crippen molar-refractivity contribution in [2.45, 2.75) is 13.8 Å². The zero-order valence-corrected chi connectivity index (χ0v) is 11.4. The van der Waals surface area contributed by atoms with Gasteiger partial charge in [0.2, 0.25) is 0 Å². The topological polar surface area (TPSA) is 53.0 Å². The number of nitrogens with zero attached hydrogens (tertiary/aromatic N) is 2. The molecule has 2 rings (SSSR count). The first-order valence-corrected chi connectivity index (χ1v) is 6.57. The third kappa shape index (κ3) is 3.30. The number of amides is 1. The summed E-state index contributed by atoms with van der Waals surface area (Å²) in [7, 11) is 0. The van der Waals surface area contributed by atoms with Crippen LogP contribution in [0.5, 0.6) is 5.75 Å². The minimum atomic E-state index is -0.241. The summed E-state index contributed by atoms with van der Waals surface area (Å²) < 4.78 is 4.99. The van der Waals surface area contributed by atoms with Gasteiger partial charge < -0.3 is 19.6 Å². The Bertz CT molecular complexity index is 434. The van der Waals surface area contributed by atoms with Gasteiger partial charge >= 0.3 is 6.09 Å². The Morgan fingerprint density at radius 2 is 1.95 bits per heavy atom. The minimum absolute atomic E-state index is 0.241. The lowest BCUT2D eigenvalue weighted by atomic mass is 10.2. The van der Waals surface area contributed by atoms with Crippen LogP contribution in [0.4, 0.5) is 10.5 Å². The molecule has 5 nitrogen and oxygen atoms in total. The Labute approximate surface area is 113 Å². The van der Waals surface area contributed by atoms with Gasteiger partial charge in [-0.15, -0.1) is 0 Å². The normalized spacial score (nSPS) is 15.5. The molecule has 1 saturated heterocycles. The highest BCUT2D eigenvalue weighted by molar-refractivity contribution is 5.68. The molecule has 5 heteroatoms. The summed E-state index contributed by atoms with van der Waals surface area (Å²) >= 11 is 0. The van der Waals surface area contributed by atoms with Gasteiger partial charge in [0.25, 0.3) is 0 Å². The molecule has 0 saturated carbocycles. The maximum atomic E-state index is 11.6. The van der Waals surface area contributed by atoms with Crippen LogP contribution in [0.15, 0.2) is 18.2 Å². The van der Waals surface area contributed by atoms with Gasteiger partial charge in [0.15, 0.2) is 0 Å². The van der Waals surface area contributed by atoms with Crippen LogP contribution in [0, 0.1) is 6.92 Å². The van der Waals surface area contributed by atoms with Gasteiger partial charge in [-0.3, -0.25) is 0 Å². The first kappa shape index (κ1) is 13.5. The molecular formula is C14H20N2O3. The highest BCUT2D eigenvalue weighted by Crippen LogP contribution is 2.23. The Morgan fingerprint density at radius 3 is 2.53 bits per heavy atom. The van der Waals surface area contributed by atoms with Crippen LogP contribution in [0.1, 0.15) is 12.5 Å². The van der Waals surface area contributed by atoms with Gasteiger partial charge in [0.1, 0.15) is 5.75 Å². The summed E-state index contributed by atoms with van der Waals surface area (Å²) in [5.41, 5.74) is 2.03. The van der Waals surface area contributed by atoms with Crippen LogP contribution in [-0.2, 0) is 4.74 Å². The van der Waals surface area contributed by atoms with Gasteiger partial charge in [-0.1, -0.05) is 0 Å². The van der Waals surface area contributed by atoms with E-state index in [2.05, 4.69) is 4.90 Å². The van der Waals surface area contributed by atoms with Gasteiger partial charge in [-0.2, -0.15) is 0 Å². The van der Waals surface area contributed by atoms with E-state index in [0.717, 1.165) is 24.3 Å². The first-order chi connectivity index (χ1) is 9.10. The fourth-order valence-electron chi connectivity index (χ4n) is 2.29. The van der Waals surface area contributed by atoms with E-state index < -0.39 is 0 Å². The van der Waals surface area contributed by atoms with Crippen molar-refractivity contribution in [2.75, 3.05) is 37.7 Å². The zero-order valence-electron chi connectivity index (χ0n) is 11.4. The van der Waals surface area contributed by atoms with Crippen LogP contribution in [0.25, 0.3) is 0 Å². The van der Waals surface area contributed by atoms with Crippen LogP contribution in [0.2, 0.25) is 0 Å². The predicted molar refractivity (Wildman–Crippen MR) is 73.7 cm³/mol. The van der Waals surface area contributed by atoms with Crippen LogP contribution in [-0.4, -0.2) is 48.9 Å². The third-order valence-electron chi connectivity index (χ3n) is 3.22. The number of benzene rings is 1. The molecule has 1 aliphatic rings. The number of aromatic hydroxyl groups is 1. The van der Waals surface area contributed by atoms with Crippen molar-refractivity contribution in [3.05, 3.63) is 23.8 Å². The SMILES string of the molecule is CCOC(=O)N1CCN(c2cc(C)cc(O)c2)CC1. The number of piperazine rings is 1. The summed E-state index contributed by atoms with van der Waals surface area (Å²) in [5, 5.41) is 9.62. The van der Waals surface area contributed by atoms with Crippen molar-refractivity contribution in [3.63, 3.8) is 0 Å². The smallest absolute Gasteiger partial charge is 0.409 e. The second-order valence-corrected chi connectivity index (χ2v) is 4.70. The van der Waals surface area contributed by atoms with Crippen molar-refractivity contribution in [2.24, 2.45) is 0 Å². The molecular weight excluding hydrogens is 244 g/mol. The maximum Gasteiger partial charge on any atom is 0.409 e. The summed E-state index contributed by atoms with van der Waals surface area (Å²) in [5.74, 6) is 0.280. The number of phenolic OH excluding ortho intramolecular Hbond substituents is 1. The largest absolute Gasteiger partial charge is 0.508 e. The molecule has 0 unspecified atom stereocenters. The van der Waals surface area contributed by atoms with E-state index in [9.17, 15) is 9.90 Å². The van der Waals surface area contributed by atoms with E-state index in [1.165, 1.54) is 0 Å². The third-order valence-corrected chi connectivity index (χ3v) is 3.22. The summed E-state index contributed by atoms with van der Waals surface area (Å²) in [6.07, 6.45) is -0.241. The maximum absolute atomic E-state index is 11.6. The molecule has 0 spiro atoms. The second-order valence-electron chi connectivity index (χ2n) is 4.70. The molecule has 1 amide bonds. The van der Waals surface area contributed by atoms with E-state index in [1.807, 2.05) is 19.9 Å². The Hall–Kier alpha value is -1.91. The van der Waals surface area contributed by atoms with Crippen molar-refractivity contribution >= 4 is 11.8 Å². The molecule has 1 heterocycles. The van der Waals surface area contributed by atoms with Gasteiger partial charge in [0, 0.05) is 37.9 Å². The van der Waals surface area contributed by atoms with Gasteiger partial charge in [-0.05, 0) is 31.5 Å². The molecule has 0 radical (unpaired) electrons.